The van der Waals surface area contributed by atoms with E-state index in [0.717, 1.165) is 5.52 Å². The van der Waals surface area contributed by atoms with E-state index in [1.54, 1.807) is 12.1 Å². The van der Waals surface area contributed by atoms with E-state index < -0.39 is 0 Å². The molecule has 2 heterocycles. The molecule has 0 aliphatic rings. The van der Waals surface area contributed by atoms with E-state index in [-0.39, 0.29) is 11.5 Å². The van der Waals surface area contributed by atoms with Crippen LogP contribution in [0.1, 0.15) is 6.92 Å². The highest BCUT2D eigenvalue weighted by Gasteiger charge is 2.02. The molecule has 0 spiro atoms. The van der Waals surface area contributed by atoms with Gasteiger partial charge >= 0.3 is 5.97 Å². The minimum absolute atomic E-state index is 0.206. The number of aromatic amines is 1. The zero-order valence-corrected chi connectivity index (χ0v) is 7.48. The number of ether oxygens (including phenoxy) is 1. The summed E-state index contributed by atoms with van der Waals surface area (Å²) < 4.78 is 6.36. The van der Waals surface area contributed by atoms with Crippen molar-refractivity contribution in [1.29, 1.82) is 0 Å². The smallest absolute Gasteiger partial charge is 0.308 e. The number of hydrogen-bond donors (Lipinski definition) is 1. The molecule has 72 valence electrons. The van der Waals surface area contributed by atoms with Crippen molar-refractivity contribution in [2.75, 3.05) is 0 Å². The average molecular weight is 192 g/mol. The maximum absolute atomic E-state index is 10.9. The van der Waals surface area contributed by atoms with Crippen LogP contribution in [0.25, 0.3) is 5.52 Å². The van der Waals surface area contributed by atoms with Crippen LogP contribution in [0, 0.1) is 0 Å². The monoisotopic (exact) mass is 192 g/mol. The lowest BCUT2D eigenvalue weighted by atomic mass is 10.4. The number of carbonyl (C=O) groups is 1. The van der Waals surface area contributed by atoms with Gasteiger partial charge in [0.1, 0.15) is 0 Å². The van der Waals surface area contributed by atoms with Gasteiger partial charge in [-0.2, -0.15) is 0 Å². The number of nitrogens with zero attached hydrogens (tertiary/aromatic N) is 1. The molecule has 0 bridgehead atoms. The highest BCUT2D eigenvalue weighted by molar-refractivity contribution is 5.70. The predicted molar refractivity (Wildman–Crippen MR) is 49.3 cm³/mol. The van der Waals surface area contributed by atoms with Gasteiger partial charge in [0.05, 0.1) is 11.7 Å². The number of fused-ring (bicyclic) bond motifs is 1. The molecular formula is C9H8N2O3. The Bertz CT molecular complexity index is 538. The lowest BCUT2D eigenvalue weighted by Crippen LogP contribution is -2.07. The quantitative estimate of drug-likeness (QED) is 0.671. The Labute approximate surface area is 78.9 Å². The van der Waals surface area contributed by atoms with Crippen molar-refractivity contribution in [3.63, 3.8) is 0 Å². The summed E-state index contributed by atoms with van der Waals surface area (Å²) in [5.74, 6) is 0.0302. The molecule has 2 aromatic rings. The highest BCUT2D eigenvalue weighted by Crippen LogP contribution is 2.14. The van der Waals surface area contributed by atoms with Crippen molar-refractivity contribution in [2.24, 2.45) is 0 Å². The number of carbonyl (C=O) groups excluding carboxylic acids is 1. The summed E-state index contributed by atoms with van der Waals surface area (Å²) in [6.07, 6.45) is 1.54. The third-order valence-electron chi connectivity index (χ3n) is 1.72. The number of hydrogen-bond acceptors (Lipinski definition) is 3. The van der Waals surface area contributed by atoms with Gasteiger partial charge in [0.2, 0.25) is 0 Å². The summed E-state index contributed by atoms with van der Waals surface area (Å²) in [4.78, 5) is 21.6. The Morgan fingerprint density at radius 1 is 1.50 bits per heavy atom. The average Bonchev–Trinajstić information content (AvgIpc) is 2.44. The standard InChI is InChI=1S/C9H8N2O3/c1-6(12)14-8-4-7-2-3-9(13)10-11(7)5-8/h2-5H,1H3,(H,10,13). The maximum Gasteiger partial charge on any atom is 0.308 e. The lowest BCUT2D eigenvalue weighted by molar-refractivity contribution is -0.131. The fraction of sp³-hybridized carbons (Fsp3) is 0.111. The van der Waals surface area contributed by atoms with Crippen molar-refractivity contribution in [3.8, 4) is 5.75 Å². The van der Waals surface area contributed by atoms with Crippen LogP contribution in [0.4, 0.5) is 0 Å². The zero-order valence-electron chi connectivity index (χ0n) is 7.48. The molecular weight excluding hydrogens is 184 g/mol. The first kappa shape index (κ1) is 8.55. The molecule has 0 saturated heterocycles. The van der Waals surface area contributed by atoms with E-state index >= 15 is 0 Å². The van der Waals surface area contributed by atoms with E-state index in [1.807, 2.05) is 0 Å². The summed E-state index contributed by atoms with van der Waals surface area (Å²) in [6.45, 7) is 1.32. The first-order valence-corrected chi connectivity index (χ1v) is 4.05. The Morgan fingerprint density at radius 3 is 3.00 bits per heavy atom. The Hall–Kier alpha value is -2.04. The van der Waals surface area contributed by atoms with Gasteiger partial charge in [-0.25, -0.2) is 0 Å². The molecule has 0 unspecified atom stereocenters. The topological polar surface area (TPSA) is 63.6 Å². The molecule has 0 amide bonds. The van der Waals surface area contributed by atoms with Crippen LogP contribution in [-0.2, 0) is 4.79 Å². The minimum Gasteiger partial charge on any atom is -0.425 e. The second-order valence-corrected chi connectivity index (χ2v) is 2.87. The van der Waals surface area contributed by atoms with Crippen LogP contribution in [0.2, 0.25) is 0 Å². The molecule has 0 aliphatic heterocycles. The van der Waals surface area contributed by atoms with Gasteiger partial charge in [-0.15, -0.1) is 0 Å². The van der Waals surface area contributed by atoms with Crippen LogP contribution < -0.4 is 10.3 Å². The van der Waals surface area contributed by atoms with Crippen LogP contribution in [0.3, 0.4) is 0 Å². The second kappa shape index (κ2) is 3.02. The Morgan fingerprint density at radius 2 is 2.29 bits per heavy atom. The molecule has 2 rings (SSSR count). The third kappa shape index (κ3) is 1.52. The Kier molecular flexibility index (Phi) is 1.85. The lowest BCUT2D eigenvalue weighted by Gasteiger charge is -1.92. The zero-order chi connectivity index (χ0) is 10.1. The molecule has 0 atom stereocenters. The highest BCUT2D eigenvalue weighted by atomic mass is 16.5. The van der Waals surface area contributed by atoms with Crippen LogP contribution in [0.15, 0.2) is 29.2 Å². The first-order chi connectivity index (χ1) is 6.65. The van der Waals surface area contributed by atoms with E-state index in [4.69, 9.17) is 4.74 Å². The van der Waals surface area contributed by atoms with Gasteiger partial charge in [-0.1, -0.05) is 0 Å². The molecule has 1 N–H and O–H groups in total. The van der Waals surface area contributed by atoms with Crippen molar-refractivity contribution in [1.82, 2.24) is 9.61 Å². The fourth-order valence-corrected chi connectivity index (χ4v) is 1.22. The number of aromatic nitrogens is 2. The molecule has 0 radical (unpaired) electrons. The molecule has 14 heavy (non-hydrogen) atoms. The minimum atomic E-state index is -0.386. The van der Waals surface area contributed by atoms with Gasteiger partial charge < -0.3 is 4.74 Å². The van der Waals surface area contributed by atoms with Gasteiger partial charge in [0, 0.05) is 19.1 Å². The van der Waals surface area contributed by atoms with Crippen molar-refractivity contribution in [3.05, 3.63) is 34.7 Å². The van der Waals surface area contributed by atoms with Gasteiger partial charge in [0.15, 0.2) is 5.75 Å². The van der Waals surface area contributed by atoms with Crippen molar-refractivity contribution >= 4 is 11.5 Å². The molecule has 5 nitrogen and oxygen atoms in total. The number of rotatable bonds is 1. The molecule has 0 aliphatic carbocycles. The number of nitrogens with one attached hydrogen (secondary N) is 1. The Balaban J connectivity index is 2.51. The van der Waals surface area contributed by atoms with E-state index in [1.165, 1.54) is 23.7 Å². The third-order valence-corrected chi connectivity index (χ3v) is 1.72. The molecule has 0 saturated carbocycles. The summed E-state index contributed by atoms with van der Waals surface area (Å²) >= 11 is 0. The molecule has 0 fully saturated rings. The summed E-state index contributed by atoms with van der Waals surface area (Å²) in [5.41, 5.74) is 0.559. The second-order valence-electron chi connectivity index (χ2n) is 2.87. The van der Waals surface area contributed by atoms with E-state index in [0.29, 0.717) is 5.75 Å². The SMILES string of the molecule is CC(=O)Oc1cc2ccc(=O)[nH]n2c1. The van der Waals surface area contributed by atoms with Gasteiger partial charge in [0.25, 0.3) is 5.56 Å². The van der Waals surface area contributed by atoms with Crippen molar-refractivity contribution in [2.45, 2.75) is 6.92 Å². The fourth-order valence-electron chi connectivity index (χ4n) is 1.22. The van der Waals surface area contributed by atoms with E-state index in [9.17, 15) is 9.59 Å². The summed E-state index contributed by atoms with van der Waals surface area (Å²) in [5, 5.41) is 2.55. The van der Waals surface area contributed by atoms with E-state index in [2.05, 4.69) is 5.10 Å². The van der Waals surface area contributed by atoms with Gasteiger partial charge in [-0.3, -0.25) is 19.2 Å². The summed E-state index contributed by atoms with van der Waals surface area (Å²) in [7, 11) is 0. The van der Waals surface area contributed by atoms with Gasteiger partial charge in [-0.05, 0) is 6.07 Å². The van der Waals surface area contributed by atoms with Crippen LogP contribution in [-0.4, -0.2) is 15.6 Å². The molecule has 2 aromatic heterocycles. The van der Waals surface area contributed by atoms with Crippen molar-refractivity contribution < 1.29 is 9.53 Å². The number of H-pyrrole nitrogens is 1. The number of esters is 1. The predicted octanol–water partition coefficient (Wildman–Crippen LogP) is 0.553. The van der Waals surface area contributed by atoms with Crippen LogP contribution in [0.5, 0.6) is 5.75 Å². The summed E-state index contributed by atoms with van der Waals surface area (Å²) in [6, 6.07) is 4.72. The van der Waals surface area contributed by atoms with Crippen LogP contribution >= 0.6 is 0 Å². The molecule has 0 aromatic carbocycles. The molecule has 5 heteroatoms. The first-order valence-electron chi connectivity index (χ1n) is 4.05. The maximum atomic E-state index is 10.9. The normalized spacial score (nSPS) is 10.4. The largest absolute Gasteiger partial charge is 0.425 e.